The van der Waals surface area contributed by atoms with Gasteiger partial charge in [0.25, 0.3) is 10.0 Å². The van der Waals surface area contributed by atoms with Crippen molar-refractivity contribution < 1.29 is 49.0 Å². The zero-order valence-corrected chi connectivity index (χ0v) is 21.1. The van der Waals surface area contributed by atoms with Crippen LogP contribution in [0.25, 0.3) is 10.4 Å². The second-order valence-corrected chi connectivity index (χ2v) is 10.5. The number of hydrogen-bond acceptors (Lipinski definition) is 6. The van der Waals surface area contributed by atoms with Crippen LogP contribution in [0, 0.1) is 17.5 Å². The van der Waals surface area contributed by atoms with E-state index in [0.29, 0.717) is 16.5 Å². The van der Waals surface area contributed by atoms with Gasteiger partial charge in [-0.05, 0) is 48.0 Å². The van der Waals surface area contributed by atoms with Crippen LogP contribution in [0.15, 0.2) is 71.6 Å². The Hall–Kier alpha value is -4.04. The maximum atomic E-state index is 14.6. The number of nitrogens with one attached hydrogen (secondary N) is 1. The molecular formula is C25H15F6NO5S2. The number of para-hydroxylation sites is 1. The Labute approximate surface area is 221 Å². The molecule has 4 aromatic rings. The Morgan fingerprint density at radius 2 is 1.64 bits per heavy atom. The lowest BCUT2D eigenvalue weighted by Gasteiger charge is -2.14. The highest BCUT2D eigenvalue weighted by Crippen LogP contribution is 2.35. The SMILES string of the molecule is COc1c(F)c(F)cc(C(=O)c2ccc(-c3cccc(NS(=O)(=O)c4ccccc4OC(F)(F)F)c3)s2)c1F. The van der Waals surface area contributed by atoms with Crippen LogP contribution in [0.1, 0.15) is 15.2 Å². The first-order valence-corrected chi connectivity index (χ1v) is 12.9. The first kappa shape index (κ1) is 28.0. The van der Waals surface area contributed by atoms with E-state index in [2.05, 4.69) is 14.2 Å². The number of hydrogen-bond donors (Lipinski definition) is 1. The smallest absolute Gasteiger partial charge is 0.491 e. The summed E-state index contributed by atoms with van der Waals surface area (Å²) in [6.07, 6.45) is -5.12. The van der Waals surface area contributed by atoms with Crippen molar-refractivity contribution in [2.24, 2.45) is 0 Å². The molecule has 39 heavy (non-hydrogen) atoms. The lowest BCUT2D eigenvalue weighted by Crippen LogP contribution is -2.20. The van der Waals surface area contributed by atoms with Gasteiger partial charge < -0.3 is 9.47 Å². The second kappa shape index (κ2) is 10.6. The molecule has 1 aromatic heterocycles. The van der Waals surface area contributed by atoms with Gasteiger partial charge in [-0.15, -0.1) is 24.5 Å². The number of anilines is 1. The summed E-state index contributed by atoms with van der Waals surface area (Å²) >= 11 is 0.858. The molecular weight excluding hydrogens is 572 g/mol. The number of thiophene rings is 1. The van der Waals surface area contributed by atoms with Crippen LogP contribution in [0.4, 0.5) is 32.0 Å². The molecule has 0 amide bonds. The van der Waals surface area contributed by atoms with Crippen molar-refractivity contribution in [2.75, 3.05) is 11.8 Å². The zero-order chi connectivity index (χ0) is 28.5. The van der Waals surface area contributed by atoms with E-state index in [1.165, 1.54) is 42.5 Å². The molecule has 0 aliphatic rings. The zero-order valence-electron chi connectivity index (χ0n) is 19.5. The minimum atomic E-state index is -5.12. The van der Waals surface area contributed by atoms with Crippen LogP contribution in [0.3, 0.4) is 0 Å². The molecule has 1 heterocycles. The summed E-state index contributed by atoms with van der Waals surface area (Å²) in [7, 11) is -3.61. The Bertz CT molecular complexity index is 1670. The third kappa shape index (κ3) is 6.01. The average molecular weight is 588 g/mol. The third-order valence-electron chi connectivity index (χ3n) is 5.16. The molecule has 0 spiro atoms. The summed E-state index contributed by atoms with van der Waals surface area (Å²) in [5.41, 5.74) is -0.380. The van der Waals surface area contributed by atoms with E-state index in [9.17, 15) is 39.6 Å². The van der Waals surface area contributed by atoms with Gasteiger partial charge in [-0.1, -0.05) is 24.3 Å². The van der Waals surface area contributed by atoms with Gasteiger partial charge in [-0.2, -0.15) is 4.39 Å². The number of carbonyl (C=O) groups excluding carboxylic acids is 1. The molecule has 0 aliphatic heterocycles. The molecule has 0 saturated carbocycles. The van der Waals surface area contributed by atoms with Crippen LogP contribution < -0.4 is 14.2 Å². The fourth-order valence-electron chi connectivity index (χ4n) is 3.50. The van der Waals surface area contributed by atoms with Crippen LogP contribution in [-0.4, -0.2) is 27.7 Å². The third-order valence-corrected chi connectivity index (χ3v) is 7.71. The van der Waals surface area contributed by atoms with E-state index in [1.807, 2.05) is 0 Å². The minimum absolute atomic E-state index is 0.0213. The molecule has 6 nitrogen and oxygen atoms in total. The highest BCUT2D eigenvalue weighted by atomic mass is 32.2. The molecule has 0 bridgehead atoms. The predicted molar refractivity (Wildman–Crippen MR) is 130 cm³/mol. The van der Waals surface area contributed by atoms with Crippen molar-refractivity contribution in [3.8, 4) is 21.9 Å². The summed E-state index contributed by atoms with van der Waals surface area (Å²) in [4.78, 5) is 12.5. The largest absolute Gasteiger partial charge is 0.573 e. The fraction of sp³-hybridized carbons (Fsp3) is 0.0800. The summed E-state index contributed by atoms with van der Waals surface area (Å²) in [6, 6.07) is 13.1. The monoisotopic (exact) mass is 587 g/mol. The fourth-order valence-corrected chi connectivity index (χ4v) is 5.64. The first-order chi connectivity index (χ1) is 18.3. The number of ketones is 1. The molecule has 204 valence electrons. The van der Waals surface area contributed by atoms with Crippen LogP contribution in [0.5, 0.6) is 11.5 Å². The first-order valence-electron chi connectivity index (χ1n) is 10.6. The van der Waals surface area contributed by atoms with Gasteiger partial charge >= 0.3 is 6.36 Å². The number of carbonyl (C=O) groups is 1. The molecule has 4 rings (SSSR count). The van der Waals surface area contributed by atoms with Crippen molar-refractivity contribution in [2.45, 2.75) is 11.3 Å². The van der Waals surface area contributed by atoms with Crippen molar-refractivity contribution in [1.82, 2.24) is 0 Å². The van der Waals surface area contributed by atoms with E-state index < -0.39 is 61.6 Å². The van der Waals surface area contributed by atoms with Gasteiger partial charge in [-0.25, -0.2) is 17.2 Å². The van der Waals surface area contributed by atoms with Gasteiger partial charge in [0.15, 0.2) is 17.4 Å². The van der Waals surface area contributed by atoms with E-state index >= 15 is 0 Å². The molecule has 0 aliphatic carbocycles. The van der Waals surface area contributed by atoms with E-state index in [4.69, 9.17) is 0 Å². The van der Waals surface area contributed by atoms with Crippen molar-refractivity contribution in [1.29, 1.82) is 0 Å². The second-order valence-electron chi connectivity index (χ2n) is 7.74. The Kier molecular flexibility index (Phi) is 7.61. The van der Waals surface area contributed by atoms with E-state index in [0.717, 1.165) is 30.6 Å². The minimum Gasteiger partial charge on any atom is -0.491 e. The Balaban J connectivity index is 1.62. The van der Waals surface area contributed by atoms with Crippen molar-refractivity contribution in [3.05, 3.63) is 94.6 Å². The van der Waals surface area contributed by atoms with Gasteiger partial charge in [0.1, 0.15) is 10.6 Å². The summed E-state index contributed by atoms with van der Waals surface area (Å²) in [5, 5.41) is 0. The molecule has 14 heteroatoms. The number of halogens is 6. The lowest BCUT2D eigenvalue weighted by atomic mass is 10.1. The Morgan fingerprint density at radius 1 is 0.923 bits per heavy atom. The van der Waals surface area contributed by atoms with Gasteiger partial charge in [0, 0.05) is 10.6 Å². The van der Waals surface area contributed by atoms with Gasteiger partial charge in [-0.3, -0.25) is 9.52 Å². The number of rotatable bonds is 8. The van der Waals surface area contributed by atoms with E-state index in [-0.39, 0.29) is 10.6 Å². The highest BCUT2D eigenvalue weighted by Gasteiger charge is 2.34. The van der Waals surface area contributed by atoms with Crippen molar-refractivity contribution in [3.63, 3.8) is 0 Å². The van der Waals surface area contributed by atoms with Gasteiger partial charge in [0.2, 0.25) is 11.6 Å². The van der Waals surface area contributed by atoms with Crippen LogP contribution in [0.2, 0.25) is 0 Å². The number of ether oxygens (including phenoxy) is 2. The quantitative estimate of drug-likeness (QED) is 0.140. The normalized spacial score (nSPS) is 11.8. The van der Waals surface area contributed by atoms with E-state index in [1.54, 1.807) is 6.07 Å². The van der Waals surface area contributed by atoms with Crippen molar-refractivity contribution >= 4 is 32.8 Å². The van der Waals surface area contributed by atoms with Crippen LogP contribution >= 0.6 is 11.3 Å². The molecule has 3 aromatic carbocycles. The number of alkyl halides is 3. The maximum Gasteiger partial charge on any atom is 0.573 e. The molecule has 0 saturated heterocycles. The molecule has 0 radical (unpaired) electrons. The Morgan fingerprint density at radius 3 is 2.33 bits per heavy atom. The highest BCUT2D eigenvalue weighted by molar-refractivity contribution is 7.92. The number of benzene rings is 3. The molecule has 0 unspecified atom stereocenters. The molecule has 0 atom stereocenters. The number of methoxy groups -OCH3 is 1. The average Bonchev–Trinajstić information content (AvgIpc) is 3.36. The standard InChI is InChI=1S/C25H15F6NO5S2/c1-36-24-21(27)15(12-16(26)22(24)28)23(33)19-10-9-18(38-19)13-5-4-6-14(11-13)32-39(34,35)20-8-3-2-7-17(20)37-25(29,30)31/h2-12,32H,1H3. The molecule has 0 fully saturated rings. The summed E-state index contributed by atoms with van der Waals surface area (Å²) in [6.45, 7) is 0. The summed E-state index contributed by atoms with van der Waals surface area (Å²) in [5.74, 6) is -7.34. The lowest BCUT2D eigenvalue weighted by molar-refractivity contribution is -0.275. The number of sulfonamides is 1. The van der Waals surface area contributed by atoms with Gasteiger partial charge in [0.05, 0.1) is 17.6 Å². The maximum absolute atomic E-state index is 14.6. The summed E-state index contributed by atoms with van der Waals surface area (Å²) < 4.78 is 117. The van der Waals surface area contributed by atoms with Crippen LogP contribution in [-0.2, 0) is 10.0 Å². The molecule has 1 N–H and O–H groups in total. The predicted octanol–water partition coefficient (Wildman–Crippen LogP) is 6.77. The topological polar surface area (TPSA) is 81.7 Å².